The third-order valence-corrected chi connectivity index (χ3v) is 14.9. The molecular formula is C67H126O6. The summed E-state index contributed by atoms with van der Waals surface area (Å²) in [5.74, 6) is -0.856. The summed E-state index contributed by atoms with van der Waals surface area (Å²) in [5, 5.41) is 0. The minimum Gasteiger partial charge on any atom is -0.462 e. The van der Waals surface area contributed by atoms with Crippen molar-refractivity contribution in [1.82, 2.24) is 0 Å². The summed E-state index contributed by atoms with van der Waals surface area (Å²) in [5.41, 5.74) is 0. The van der Waals surface area contributed by atoms with Crippen LogP contribution in [0.25, 0.3) is 0 Å². The summed E-state index contributed by atoms with van der Waals surface area (Å²) in [4.78, 5) is 38.2. The van der Waals surface area contributed by atoms with E-state index in [2.05, 4.69) is 45.1 Å². The normalized spacial score (nSPS) is 12.1. The van der Waals surface area contributed by atoms with Crippen LogP contribution in [-0.2, 0) is 28.6 Å². The topological polar surface area (TPSA) is 78.9 Å². The second kappa shape index (κ2) is 62.4. The molecule has 0 N–H and O–H groups in total. The van der Waals surface area contributed by atoms with E-state index in [1.807, 2.05) is 0 Å². The molecule has 0 radical (unpaired) electrons. The van der Waals surface area contributed by atoms with Crippen LogP contribution >= 0.6 is 0 Å². The van der Waals surface area contributed by atoms with Crippen molar-refractivity contribution in [2.24, 2.45) is 0 Å². The molecule has 0 heterocycles. The van der Waals surface area contributed by atoms with E-state index >= 15 is 0 Å². The van der Waals surface area contributed by atoms with E-state index in [9.17, 15) is 14.4 Å². The van der Waals surface area contributed by atoms with Gasteiger partial charge in [-0.15, -0.1) is 0 Å². The molecule has 0 aromatic rings. The van der Waals surface area contributed by atoms with Gasteiger partial charge in [0.2, 0.25) is 0 Å². The number of unbranched alkanes of at least 4 members (excludes halogenated alkanes) is 46. The maximum Gasteiger partial charge on any atom is 0.306 e. The Morgan fingerprint density at radius 3 is 0.740 bits per heavy atom. The molecule has 0 fully saturated rings. The minimum atomic E-state index is -0.771. The molecule has 6 nitrogen and oxygen atoms in total. The highest BCUT2D eigenvalue weighted by Gasteiger charge is 2.19. The zero-order valence-corrected chi connectivity index (χ0v) is 49.4. The number of hydrogen-bond acceptors (Lipinski definition) is 6. The highest BCUT2D eigenvalue weighted by molar-refractivity contribution is 5.71. The van der Waals surface area contributed by atoms with Gasteiger partial charge in [0.25, 0.3) is 0 Å². The zero-order chi connectivity index (χ0) is 52.9. The van der Waals surface area contributed by atoms with Crippen LogP contribution in [0.3, 0.4) is 0 Å². The van der Waals surface area contributed by atoms with Crippen molar-refractivity contribution in [2.45, 2.75) is 374 Å². The van der Waals surface area contributed by atoms with Crippen molar-refractivity contribution in [3.63, 3.8) is 0 Å². The van der Waals surface area contributed by atoms with Gasteiger partial charge in [0.1, 0.15) is 13.2 Å². The van der Waals surface area contributed by atoms with E-state index in [1.165, 1.54) is 257 Å². The van der Waals surface area contributed by atoms with Gasteiger partial charge in [0.05, 0.1) is 0 Å². The highest BCUT2D eigenvalue weighted by atomic mass is 16.6. The second-order valence-corrected chi connectivity index (χ2v) is 22.4. The molecule has 0 aromatic heterocycles. The van der Waals surface area contributed by atoms with Crippen molar-refractivity contribution >= 4 is 17.9 Å². The quantitative estimate of drug-likeness (QED) is 0.0261. The van der Waals surface area contributed by atoms with Crippen molar-refractivity contribution in [1.29, 1.82) is 0 Å². The van der Waals surface area contributed by atoms with Crippen molar-refractivity contribution in [3.8, 4) is 0 Å². The first-order valence-electron chi connectivity index (χ1n) is 32.8. The number of allylic oxidation sites excluding steroid dienone is 4. The van der Waals surface area contributed by atoms with Gasteiger partial charge < -0.3 is 14.2 Å². The predicted octanol–water partition coefficient (Wildman–Crippen LogP) is 22.2. The molecule has 0 saturated heterocycles. The summed E-state index contributed by atoms with van der Waals surface area (Å²) < 4.78 is 16.9. The lowest BCUT2D eigenvalue weighted by molar-refractivity contribution is -0.167. The van der Waals surface area contributed by atoms with E-state index in [0.29, 0.717) is 19.3 Å². The van der Waals surface area contributed by atoms with Crippen molar-refractivity contribution in [3.05, 3.63) is 24.3 Å². The maximum absolute atomic E-state index is 12.9. The SMILES string of the molecule is CCC/C=C\CCCCCCCC(=O)OCC(COC(=O)CCCCCCCCCCCCC/C=C\CCCCCCCCCC)OC(=O)CCCCCCCCCCCCCCCCCCCCCCCC. The lowest BCUT2D eigenvalue weighted by Gasteiger charge is -2.18. The van der Waals surface area contributed by atoms with E-state index < -0.39 is 6.10 Å². The second-order valence-electron chi connectivity index (χ2n) is 22.4. The third kappa shape index (κ3) is 60.6. The number of carbonyl (C=O) groups is 3. The summed E-state index contributed by atoms with van der Waals surface area (Å²) >= 11 is 0. The van der Waals surface area contributed by atoms with Gasteiger partial charge in [-0.05, 0) is 64.2 Å². The lowest BCUT2D eigenvalue weighted by atomic mass is 10.0. The van der Waals surface area contributed by atoms with Crippen molar-refractivity contribution < 1.29 is 28.6 Å². The fourth-order valence-corrected chi connectivity index (χ4v) is 9.97. The van der Waals surface area contributed by atoms with Gasteiger partial charge in [-0.3, -0.25) is 14.4 Å². The molecule has 0 rings (SSSR count). The molecule has 1 unspecified atom stereocenters. The molecular weight excluding hydrogens is 901 g/mol. The standard InChI is InChI=1S/C67H126O6/c1-4-7-10-13-16-19-22-24-26-28-30-32-34-36-37-39-41-43-45-48-51-54-57-60-66(69)72-63-64(62-71-65(68)59-56-53-50-47-21-18-15-12-9-6-3)73-67(70)61-58-55-52-49-46-44-42-40-38-35-33-31-29-27-25-23-20-17-14-11-8-5-2/h12,15,28,30,64H,4-11,13-14,16-27,29,31-63H2,1-3H3/b15-12-,30-28-. The molecule has 73 heavy (non-hydrogen) atoms. The number of hydrogen-bond donors (Lipinski definition) is 0. The summed E-state index contributed by atoms with van der Waals surface area (Å²) in [7, 11) is 0. The molecule has 1 atom stereocenters. The van der Waals surface area contributed by atoms with Gasteiger partial charge in [0.15, 0.2) is 6.10 Å². The number of esters is 3. The average Bonchev–Trinajstić information content (AvgIpc) is 3.39. The van der Waals surface area contributed by atoms with Crippen LogP contribution in [0.4, 0.5) is 0 Å². The summed E-state index contributed by atoms with van der Waals surface area (Å²) in [6.45, 7) is 6.64. The molecule has 6 heteroatoms. The number of ether oxygens (including phenoxy) is 3. The molecule has 0 saturated carbocycles. The Morgan fingerprint density at radius 2 is 0.479 bits per heavy atom. The molecule has 0 aliphatic carbocycles. The van der Waals surface area contributed by atoms with E-state index in [4.69, 9.17) is 14.2 Å². The lowest BCUT2D eigenvalue weighted by Crippen LogP contribution is -2.30. The summed E-state index contributed by atoms with van der Waals surface area (Å²) in [6.07, 6.45) is 74.9. The van der Waals surface area contributed by atoms with E-state index in [-0.39, 0.29) is 31.1 Å². The van der Waals surface area contributed by atoms with Crippen LogP contribution < -0.4 is 0 Å². The van der Waals surface area contributed by atoms with Gasteiger partial charge in [-0.2, -0.15) is 0 Å². The minimum absolute atomic E-state index is 0.0695. The van der Waals surface area contributed by atoms with Crippen LogP contribution in [0.5, 0.6) is 0 Å². The first-order chi connectivity index (χ1) is 36.0. The Hall–Kier alpha value is -2.11. The van der Waals surface area contributed by atoms with Crippen LogP contribution in [0, 0.1) is 0 Å². The highest BCUT2D eigenvalue weighted by Crippen LogP contribution is 2.18. The largest absolute Gasteiger partial charge is 0.462 e. The summed E-state index contributed by atoms with van der Waals surface area (Å²) in [6, 6.07) is 0. The van der Waals surface area contributed by atoms with Crippen LogP contribution in [0.2, 0.25) is 0 Å². The molecule has 0 amide bonds. The van der Waals surface area contributed by atoms with Crippen molar-refractivity contribution in [2.75, 3.05) is 13.2 Å². The Labute approximate surface area is 455 Å². The van der Waals surface area contributed by atoms with E-state index in [1.54, 1.807) is 0 Å². The van der Waals surface area contributed by atoms with Gasteiger partial charge in [-0.25, -0.2) is 0 Å². The monoisotopic (exact) mass is 1030 g/mol. The first kappa shape index (κ1) is 70.9. The smallest absolute Gasteiger partial charge is 0.306 e. The Bertz CT molecular complexity index is 1180. The fraction of sp³-hybridized carbons (Fsp3) is 0.896. The fourth-order valence-electron chi connectivity index (χ4n) is 9.97. The van der Waals surface area contributed by atoms with Gasteiger partial charge in [-0.1, -0.05) is 308 Å². The molecule has 0 aliphatic heterocycles. The Kier molecular flexibility index (Phi) is 60.6. The maximum atomic E-state index is 12.9. The molecule has 0 spiro atoms. The first-order valence-corrected chi connectivity index (χ1v) is 32.8. The number of rotatable bonds is 61. The Balaban J connectivity index is 4.18. The van der Waals surface area contributed by atoms with Crippen LogP contribution in [0.15, 0.2) is 24.3 Å². The Morgan fingerprint density at radius 1 is 0.260 bits per heavy atom. The van der Waals surface area contributed by atoms with Crippen LogP contribution in [0.1, 0.15) is 367 Å². The average molecular weight is 1030 g/mol. The molecule has 0 aromatic carbocycles. The predicted molar refractivity (Wildman–Crippen MR) is 316 cm³/mol. The van der Waals surface area contributed by atoms with E-state index in [0.717, 1.165) is 70.6 Å². The van der Waals surface area contributed by atoms with Gasteiger partial charge >= 0.3 is 17.9 Å². The zero-order valence-electron chi connectivity index (χ0n) is 49.4. The van der Waals surface area contributed by atoms with Crippen LogP contribution in [-0.4, -0.2) is 37.2 Å². The number of carbonyl (C=O) groups excluding carboxylic acids is 3. The molecule has 0 bridgehead atoms. The molecule has 0 aliphatic rings. The van der Waals surface area contributed by atoms with Gasteiger partial charge in [0, 0.05) is 19.3 Å². The molecule has 430 valence electrons. The third-order valence-electron chi connectivity index (χ3n) is 14.9.